The number of aryl methyl sites for hydroxylation is 1. The summed E-state index contributed by atoms with van der Waals surface area (Å²) in [5.41, 5.74) is 2.35. The van der Waals surface area contributed by atoms with E-state index in [0.29, 0.717) is 17.0 Å². The maximum Gasteiger partial charge on any atom is 0.167 e. The number of halogens is 1. The average molecular weight is 223 g/mol. The fraction of sp³-hybridized carbons (Fsp3) is 0.538. The van der Waals surface area contributed by atoms with Gasteiger partial charge in [-0.3, -0.25) is 0 Å². The quantitative estimate of drug-likeness (QED) is 0.767. The molecule has 1 aromatic carbocycles. The fourth-order valence-corrected chi connectivity index (χ4v) is 2.45. The molecule has 1 aliphatic heterocycles. The van der Waals surface area contributed by atoms with Crippen molar-refractivity contribution >= 4 is 0 Å². The number of phenolic OH excluding ortho intramolecular Hbond substituents is 1. The van der Waals surface area contributed by atoms with Gasteiger partial charge in [-0.15, -0.1) is 0 Å². The van der Waals surface area contributed by atoms with Crippen molar-refractivity contribution in [2.24, 2.45) is 0 Å². The molecule has 0 unspecified atom stereocenters. The Morgan fingerprint density at radius 3 is 2.56 bits per heavy atom. The zero-order valence-electron chi connectivity index (χ0n) is 9.81. The van der Waals surface area contributed by atoms with Gasteiger partial charge in [-0.1, -0.05) is 6.07 Å². The Morgan fingerprint density at radius 1 is 1.31 bits per heavy atom. The molecule has 1 heterocycles. The third-order valence-electron chi connectivity index (χ3n) is 3.49. The summed E-state index contributed by atoms with van der Waals surface area (Å²) in [6, 6.07) is 1.89. The number of rotatable bonds is 1. The summed E-state index contributed by atoms with van der Waals surface area (Å²) in [6.07, 6.45) is 2.12. The third kappa shape index (κ3) is 1.92. The molecular weight excluding hydrogens is 205 g/mol. The molecule has 1 saturated heterocycles. The van der Waals surface area contributed by atoms with Gasteiger partial charge in [0, 0.05) is 0 Å². The molecule has 0 atom stereocenters. The van der Waals surface area contributed by atoms with Crippen LogP contribution in [0.15, 0.2) is 6.07 Å². The van der Waals surface area contributed by atoms with Crippen LogP contribution < -0.4 is 5.32 Å². The van der Waals surface area contributed by atoms with Crippen LogP contribution >= 0.6 is 0 Å². The second-order valence-corrected chi connectivity index (χ2v) is 4.59. The van der Waals surface area contributed by atoms with Crippen molar-refractivity contribution in [2.75, 3.05) is 13.1 Å². The average Bonchev–Trinajstić information content (AvgIpc) is 2.32. The molecule has 2 nitrogen and oxygen atoms in total. The first kappa shape index (κ1) is 11.4. The summed E-state index contributed by atoms with van der Waals surface area (Å²) in [5.74, 6) is -0.199. The van der Waals surface area contributed by atoms with Crippen LogP contribution in [0.2, 0.25) is 0 Å². The van der Waals surface area contributed by atoms with Crippen molar-refractivity contribution in [3.63, 3.8) is 0 Å². The highest BCUT2D eigenvalue weighted by molar-refractivity contribution is 5.45. The molecule has 2 rings (SSSR count). The fourth-order valence-electron chi connectivity index (χ4n) is 2.45. The normalized spacial score (nSPS) is 17.7. The van der Waals surface area contributed by atoms with E-state index >= 15 is 0 Å². The van der Waals surface area contributed by atoms with Gasteiger partial charge >= 0.3 is 0 Å². The first-order valence-electron chi connectivity index (χ1n) is 5.80. The van der Waals surface area contributed by atoms with E-state index in [1.807, 2.05) is 6.07 Å². The minimum Gasteiger partial charge on any atom is -0.505 e. The van der Waals surface area contributed by atoms with Gasteiger partial charge in [-0.2, -0.15) is 0 Å². The summed E-state index contributed by atoms with van der Waals surface area (Å²) in [5, 5.41) is 13.0. The van der Waals surface area contributed by atoms with Crippen LogP contribution in [0.3, 0.4) is 0 Å². The Balaban J connectivity index is 2.40. The lowest BCUT2D eigenvalue weighted by Gasteiger charge is -2.25. The van der Waals surface area contributed by atoms with E-state index in [1.165, 1.54) is 0 Å². The monoisotopic (exact) mass is 223 g/mol. The number of nitrogens with one attached hydrogen (secondary N) is 1. The van der Waals surface area contributed by atoms with Crippen molar-refractivity contribution in [2.45, 2.75) is 32.6 Å². The standard InChI is InChI=1S/C13H18FNO/c1-8-7-11(9(2)13(16)12(8)14)10-3-5-15-6-4-10/h7,10,15-16H,3-6H2,1-2H3. The Labute approximate surface area is 95.5 Å². The van der Waals surface area contributed by atoms with Gasteiger partial charge in [0.25, 0.3) is 0 Å². The Hall–Kier alpha value is -1.09. The van der Waals surface area contributed by atoms with Crippen LogP contribution in [0.4, 0.5) is 4.39 Å². The molecule has 0 saturated carbocycles. The molecule has 0 aliphatic carbocycles. The van der Waals surface area contributed by atoms with Crippen molar-refractivity contribution in [3.8, 4) is 5.75 Å². The topological polar surface area (TPSA) is 32.3 Å². The zero-order valence-corrected chi connectivity index (χ0v) is 9.81. The van der Waals surface area contributed by atoms with Gasteiger partial charge < -0.3 is 10.4 Å². The molecular formula is C13H18FNO. The molecule has 0 spiro atoms. The van der Waals surface area contributed by atoms with Crippen LogP contribution in [0, 0.1) is 19.7 Å². The van der Waals surface area contributed by atoms with E-state index < -0.39 is 5.82 Å². The van der Waals surface area contributed by atoms with Gasteiger partial charge in [0.2, 0.25) is 0 Å². The van der Waals surface area contributed by atoms with E-state index in [0.717, 1.165) is 31.5 Å². The summed E-state index contributed by atoms with van der Waals surface area (Å²) in [7, 11) is 0. The first-order valence-corrected chi connectivity index (χ1v) is 5.80. The molecule has 0 radical (unpaired) electrons. The number of hydrogen-bond acceptors (Lipinski definition) is 2. The lowest BCUT2D eigenvalue weighted by Crippen LogP contribution is -2.27. The molecule has 88 valence electrons. The van der Waals surface area contributed by atoms with E-state index in [4.69, 9.17) is 0 Å². The summed E-state index contributed by atoms with van der Waals surface area (Å²) >= 11 is 0. The second-order valence-electron chi connectivity index (χ2n) is 4.59. The minimum atomic E-state index is -0.477. The maximum atomic E-state index is 13.5. The molecule has 2 N–H and O–H groups in total. The highest BCUT2D eigenvalue weighted by atomic mass is 19.1. The van der Waals surface area contributed by atoms with Crippen molar-refractivity contribution in [1.29, 1.82) is 0 Å². The molecule has 0 bridgehead atoms. The molecule has 3 heteroatoms. The van der Waals surface area contributed by atoms with Crippen LogP contribution in [0.5, 0.6) is 5.75 Å². The Bertz CT molecular complexity index is 397. The van der Waals surface area contributed by atoms with Gasteiger partial charge in [0.1, 0.15) is 0 Å². The van der Waals surface area contributed by atoms with Crippen LogP contribution in [0.1, 0.15) is 35.4 Å². The third-order valence-corrected chi connectivity index (χ3v) is 3.49. The number of piperidine rings is 1. The Kier molecular flexibility index (Phi) is 3.15. The molecule has 1 aromatic rings. The molecule has 16 heavy (non-hydrogen) atoms. The van der Waals surface area contributed by atoms with Crippen LogP contribution in [0.25, 0.3) is 0 Å². The molecule has 1 aliphatic rings. The Morgan fingerprint density at radius 2 is 1.94 bits per heavy atom. The second kappa shape index (κ2) is 4.42. The highest BCUT2D eigenvalue weighted by Gasteiger charge is 2.21. The summed E-state index contributed by atoms with van der Waals surface area (Å²) < 4.78 is 13.5. The number of hydrogen-bond donors (Lipinski definition) is 2. The minimum absolute atomic E-state index is 0.173. The van der Waals surface area contributed by atoms with Gasteiger partial charge in [0.05, 0.1) is 0 Å². The van der Waals surface area contributed by atoms with Crippen LogP contribution in [-0.2, 0) is 0 Å². The largest absolute Gasteiger partial charge is 0.505 e. The molecule has 0 aromatic heterocycles. The summed E-state index contributed by atoms with van der Waals surface area (Å²) in [4.78, 5) is 0. The van der Waals surface area contributed by atoms with E-state index in [1.54, 1.807) is 13.8 Å². The number of aromatic hydroxyl groups is 1. The van der Waals surface area contributed by atoms with E-state index in [2.05, 4.69) is 5.32 Å². The van der Waals surface area contributed by atoms with Gasteiger partial charge in [0.15, 0.2) is 11.6 Å². The smallest absolute Gasteiger partial charge is 0.167 e. The molecule has 1 fully saturated rings. The highest BCUT2D eigenvalue weighted by Crippen LogP contribution is 2.34. The predicted octanol–water partition coefficient (Wildman–Crippen LogP) is 2.62. The van der Waals surface area contributed by atoms with Gasteiger partial charge in [-0.05, 0) is 62.4 Å². The first-order chi connectivity index (χ1) is 7.61. The lowest BCUT2D eigenvalue weighted by atomic mass is 9.86. The van der Waals surface area contributed by atoms with E-state index in [9.17, 15) is 9.50 Å². The van der Waals surface area contributed by atoms with Crippen molar-refractivity contribution < 1.29 is 9.50 Å². The van der Waals surface area contributed by atoms with Gasteiger partial charge in [-0.25, -0.2) is 4.39 Å². The number of benzene rings is 1. The number of phenols is 1. The van der Waals surface area contributed by atoms with E-state index in [-0.39, 0.29) is 5.75 Å². The van der Waals surface area contributed by atoms with Crippen molar-refractivity contribution in [3.05, 3.63) is 28.6 Å². The summed E-state index contributed by atoms with van der Waals surface area (Å²) in [6.45, 7) is 5.51. The zero-order chi connectivity index (χ0) is 11.7. The maximum absolute atomic E-state index is 13.5. The van der Waals surface area contributed by atoms with Crippen LogP contribution in [-0.4, -0.2) is 18.2 Å². The lowest BCUT2D eigenvalue weighted by molar-refractivity contribution is 0.418. The van der Waals surface area contributed by atoms with Crippen molar-refractivity contribution in [1.82, 2.24) is 5.32 Å². The predicted molar refractivity (Wildman–Crippen MR) is 62.4 cm³/mol. The SMILES string of the molecule is Cc1cc(C2CCNCC2)c(C)c(O)c1F. The molecule has 0 amide bonds.